The number of nitrogens with one attached hydrogen (secondary N) is 3. The topological polar surface area (TPSA) is 53.2 Å². The largest absolute Gasteiger partial charge is 0.331 e. The Bertz CT molecular complexity index is 951. The van der Waals surface area contributed by atoms with Gasteiger partial charge in [0.25, 0.3) is 0 Å². The average Bonchev–Trinajstić information content (AvgIpc) is 2.67. The molecular weight excluding hydrogens is 354 g/mol. The number of carbonyl (C=O) groups is 1. The molecule has 27 heavy (non-hydrogen) atoms. The molecule has 3 rings (SSSR count). The van der Waals surface area contributed by atoms with E-state index in [1.165, 1.54) is 5.56 Å². The fourth-order valence-electron chi connectivity index (χ4n) is 2.82. The third kappa shape index (κ3) is 5.28. The number of fused-ring (bicyclic) bond motifs is 1. The summed E-state index contributed by atoms with van der Waals surface area (Å²) in [6, 6.07) is 22.2. The molecule has 0 atom stereocenters. The molecule has 0 saturated carbocycles. The van der Waals surface area contributed by atoms with Crippen LogP contribution >= 0.6 is 12.2 Å². The highest BCUT2D eigenvalue weighted by molar-refractivity contribution is 7.80. The van der Waals surface area contributed by atoms with Gasteiger partial charge in [-0.05, 0) is 52.2 Å². The van der Waals surface area contributed by atoms with Crippen LogP contribution in [-0.2, 0) is 11.2 Å². The lowest BCUT2D eigenvalue weighted by molar-refractivity contribution is -0.120. The molecule has 0 fully saturated rings. The molecule has 4 nitrogen and oxygen atoms in total. The van der Waals surface area contributed by atoms with Gasteiger partial charge < -0.3 is 5.32 Å². The maximum absolute atomic E-state index is 12.2. The zero-order chi connectivity index (χ0) is 19.2. The first-order chi connectivity index (χ1) is 13.0. The minimum Gasteiger partial charge on any atom is -0.331 e. The molecule has 138 valence electrons. The van der Waals surface area contributed by atoms with E-state index in [9.17, 15) is 4.79 Å². The lowest BCUT2D eigenvalue weighted by Gasteiger charge is -2.13. The summed E-state index contributed by atoms with van der Waals surface area (Å²) in [4.78, 5) is 12.2. The van der Waals surface area contributed by atoms with Gasteiger partial charge in [0.1, 0.15) is 0 Å². The van der Waals surface area contributed by atoms with Crippen molar-refractivity contribution in [3.8, 4) is 0 Å². The van der Waals surface area contributed by atoms with Crippen LogP contribution in [0.1, 0.15) is 30.9 Å². The van der Waals surface area contributed by atoms with Crippen LogP contribution in [0.25, 0.3) is 10.8 Å². The number of thiocarbonyl (C=S) groups is 1. The molecule has 5 heteroatoms. The summed E-state index contributed by atoms with van der Waals surface area (Å²) in [5.74, 6) is 0.336. The Morgan fingerprint density at radius 1 is 0.926 bits per heavy atom. The summed E-state index contributed by atoms with van der Waals surface area (Å²) in [5, 5.41) is 5.69. The van der Waals surface area contributed by atoms with Crippen LogP contribution in [0.3, 0.4) is 0 Å². The smallest absolute Gasteiger partial charge is 0.242 e. The van der Waals surface area contributed by atoms with Gasteiger partial charge in [-0.15, -0.1) is 0 Å². The fraction of sp³-hybridized carbons (Fsp3) is 0.182. The highest BCUT2D eigenvalue weighted by atomic mass is 32.1. The van der Waals surface area contributed by atoms with Gasteiger partial charge >= 0.3 is 0 Å². The number of rotatable bonds is 4. The molecule has 0 aromatic heterocycles. The standard InChI is InChI=1S/C22H23N3OS/c1-15(2)17-9-11-20(12-10-17)23-22(27)25-24-21(26)14-16-7-8-18-5-3-4-6-19(18)13-16/h3-13,15H,14H2,1-2H3,(H,24,26)(H2,23,25,27). The first kappa shape index (κ1) is 18.9. The minimum atomic E-state index is -0.149. The maximum atomic E-state index is 12.2. The van der Waals surface area contributed by atoms with Crippen LogP contribution in [0, 0.1) is 0 Å². The first-order valence-electron chi connectivity index (χ1n) is 8.95. The monoisotopic (exact) mass is 377 g/mol. The Balaban J connectivity index is 1.49. The predicted molar refractivity (Wildman–Crippen MR) is 116 cm³/mol. The van der Waals surface area contributed by atoms with Crippen molar-refractivity contribution in [1.82, 2.24) is 10.9 Å². The van der Waals surface area contributed by atoms with E-state index < -0.39 is 0 Å². The van der Waals surface area contributed by atoms with Crippen molar-refractivity contribution < 1.29 is 4.79 Å². The first-order valence-corrected chi connectivity index (χ1v) is 9.35. The normalized spacial score (nSPS) is 10.6. The van der Waals surface area contributed by atoms with Crippen LogP contribution in [-0.4, -0.2) is 11.0 Å². The van der Waals surface area contributed by atoms with Crippen LogP contribution in [0.15, 0.2) is 66.7 Å². The van der Waals surface area contributed by atoms with Crippen molar-refractivity contribution in [2.45, 2.75) is 26.2 Å². The van der Waals surface area contributed by atoms with Crippen molar-refractivity contribution in [2.75, 3.05) is 5.32 Å². The quantitative estimate of drug-likeness (QED) is 0.462. The van der Waals surface area contributed by atoms with E-state index >= 15 is 0 Å². The summed E-state index contributed by atoms with van der Waals surface area (Å²) < 4.78 is 0. The summed E-state index contributed by atoms with van der Waals surface area (Å²) in [6.07, 6.45) is 0.281. The predicted octanol–water partition coefficient (Wildman–Crippen LogP) is 4.52. The number of anilines is 1. The highest BCUT2D eigenvalue weighted by Crippen LogP contribution is 2.17. The third-order valence-corrected chi connectivity index (χ3v) is 4.53. The molecular formula is C22H23N3OS. The van der Waals surface area contributed by atoms with Crippen molar-refractivity contribution in [3.63, 3.8) is 0 Å². The lowest BCUT2D eigenvalue weighted by atomic mass is 10.0. The molecule has 3 aromatic rings. The summed E-state index contributed by atoms with van der Waals surface area (Å²) in [5.41, 5.74) is 8.48. The van der Waals surface area contributed by atoms with Crippen LogP contribution in [0.2, 0.25) is 0 Å². The number of hydrazine groups is 1. The summed E-state index contributed by atoms with van der Waals surface area (Å²) in [7, 11) is 0. The fourth-order valence-corrected chi connectivity index (χ4v) is 2.99. The minimum absolute atomic E-state index is 0.149. The second kappa shape index (κ2) is 8.64. The number of benzene rings is 3. The molecule has 0 saturated heterocycles. The van der Waals surface area contributed by atoms with Crippen molar-refractivity contribution in [2.24, 2.45) is 0 Å². The van der Waals surface area contributed by atoms with Crippen molar-refractivity contribution in [1.29, 1.82) is 0 Å². The van der Waals surface area contributed by atoms with Gasteiger partial charge in [-0.2, -0.15) is 0 Å². The van der Waals surface area contributed by atoms with Crippen LogP contribution in [0.5, 0.6) is 0 Å². The van der Waals surface area contributed by atoms with E-state index in [2.05, 4.69) is 48.2 Å². The van der Waals surface area contributed by atoms with Gasteiger partial charge in [0.05, 0.1) is 6.42 Å². The zero-order valence-electron chi connectivity index (χ0n) is 15.5. The SMILES string of the molecule is CC(C)c1ccc(NC(=S)NNC(=O)Cc2ccc3ccccc3c2)cc1. The Morgan fingerprint density at radius 2 is 1.63 bits per heavy atom. The zero-order valence-corrected chi connectivity index (χ0v) is 16.3. The average molecular weight is 378 g/mol. The van der Waals surface area contributed by atoms with E-state index in [0.717, 1.165) is 22.0 Å². The number of hydrogen-bond acceptors (Lipinski definition) is 2. The number of hydrogen-bond donors (Lipinski definition) is 3. The van der Waals surface area contributed by atoms with Gasteiger partial charge in [-0.25, -0.2) is 0 Å². The van der Waals surface area contributed by atoms with Gasteiger partial charge in [-0.3, -0.25) is 15.6 Å². The molecule has 3 N–H and O–H groups in total. The molecule has 0 aliphatic heterocycles. The second-order valence-corrected chi connectivity index (χ2v) is 7.17. The van der Waals surface area contributed by atoms with E-state index in [1.54, 1.807) is 0 Å². The number of amides is 1. The van der Waals surface area contributed by atoms with E-state index in [-0.39, 0.29) is 12.3 Å². The summed E-state index contributed by atoms with van der Waals surface area (Å²) in [6.45, 7) is 4.30. The Labute approximate surface area is 164 Å². The molecule has 0 aliphatic rings. The van der Waals surface area contributed by atoms with Gasteiger partial charge in [-0.1, -0.05) is 68.4 Å². The molecule has 0 unspecified atom stereocenters. The van der Waals surface area contributed by atoms with E-state index in [1.807, 2.05) is 48.5 Å². The third-order valence-electron chi connectivity index (χ3n) is 4.33. The Kier molecular flexibility index (Phi) is 6.04. The second-order valence-electron chi connectivity index (χ2n) is 6.76. The van der Waals surface area contributed by atoms with Gasteiger partial charge in [0.15, 0.2) is 5.11 Å². The Hall–Kier alpha value is -2.92. The molecule has 0 spiro atoms. The summed E-state index contributed by atoms with van der Waals surface area (Å²) >= 11 is 5.23. The molecule has 0 bridgehead atoms. The maximum Gasteiger partial charge on any atom is 0.242 e. The van der Waals surface area contributed by atoms with Crippen molar-refractivity contribution in [3.05, 3.63) is 77.9 Å². The molecule has 0 radical (unpaired) electrons. The van der Waals surface area contributed by atoms with E-state index in [0.29, 0.717) is 11.0 Å². The molecule has 1 amide bonds. The van der Waals surface area contributed by atoms with Crippen LogP contribution in [0.4, 0.5) is 5.69 Å². The van der Waals surface area contributed by atoms with Crippen LogP contribution < -0.4 is 16.2 Å². The number of carbonyl (C=O) groups excluding carboxylic acids is 1. The molecule has 3 aromatic carbocycles. The van der Waals surface area contributed by atoms with E-state index in [4.69, 9.17) is 12.2 Å². The molecule has 0 heterocycles. The Morgan fingerprint density at radius 3 is 2.33 bits per heavy atom. The molecule has 0 aliphatic carbocycles. The highest BCUT2D eigenvalue weighted by Gasteiger charge is 2.06. The van der Waals surface area contributed by atoms with Crippen molar-refractivity contribution >= 4 is 39.7 Å². The lowest BCUT2D eigenvalue weighted by Crippen LogP contribution is -2.44. The van der Waals surface area contributed by atoms with Gasteiger partial charge in [0, 0.05) is 5.69 Å². The van der Waals surface area contributed by atoms with Gasteiger partial charge in [0.2, 0.25) is 5.91 Å².